The van der Waals surface area contributed by atoms with E-state index in [0.717, 1.165) is 3.57 Å². The van der Waals surface area contributed by atoms with E-state index in [9.17, 15) is 4.39 Å². The van der Waals surface area contributed by atoms with Gasteiger partial charge in [0.25, 0.3) is 0 Å². The lowest BCUT2D eigenvalue weighted by Gasteiger charge is -2.36. The molecule has 0 amide bonds. The fourth-order valence-corrected chi connectivity index (χ4v) is 2.63. The SMILES string of the molecule is CC(C)(C)[Si](C)(C)OCc1cc(I)ccc1F. The molecule has 0 aromatic heterocycles. The van der Waals surface area contributed by atoms with Gasteiger partial charge in [-0.3, -0.25) is 0 Å². The molecule has 0 atom stereocenters. The molecule has 1 nitrogen and oxygen atoms in total. The van der Waals surface area contributed by atoms with Crippen molar-refractivity contribution < 1.29 is 8.82 Å². The lowest BCUT2D eigenvalue weighted by molar-refractivity contribution is 0.271. The number of rotatable bonds is 3. The highest BCUT2D eigenvalue weighted by molar-refractivity contribution is 14.1. The maximum Gasteiger partial charge on any atom is 0.192 e. The maximum absolute atomic E-state index is 13.6. The van der Waals surface area contributed by atoms with Gasteiger partial charge in [-0.1, -0.05) is 20.8 Å². The van der Waals surface area contributed by atoms with Crippen molar-refractivity contribution in [2.45, 2.75) is 45.5 Å². The van der Waals surface area contributed by atoms with Gasteiger partial charge in [0.2, 0.25) is 0 Å². The van der Waals surface area contributed by atoms with Crippen LogP contribution >= 0.6 is 22.6 Å². The first-order valence-corrected chi connectivity index (χ1v) is 9.70. The molecule has 1 aromatic rings. The van der Waals surface area contributed by atoms with Crippen LogP contribution in [-0.4, -0.2) is 8.32 Å². The quantitative estimate of drug-likeness (QED) is 0.543. The fourth-order valence-electron chi connectivity index (χ4n) is 1.13. The van der Waals surface area contributed by atoms with E-state index < -0.39 is 8.32 Å². The lowest BCUT2D eigenvalue weighted by atomic mass is 10.2. The predicted octanol–water partition coefficient (Wildman–Crippen LogP) is 4.95. The van der Waals surface area contributed by atoms with Crippen LogP contribution in [0.5, 0.6) is 0 Å². The average Bonchev–Trinajstić information content (AvgIpc) is 2.18. The fraction of sp³-hybridized carbons (Fsp3) is 0.538. The summed E-state index contributed by atoms with van der Waals surface area (Å²) in [6.45, 7) is 11.3. The van der Waals surface area contributed by atoms with E-state index in [0.29, 0.717) is 12.2 Å². The molecule has 0 spiro atoms. The van der Waals surface area contributed by atoms with Gasteiger partial charge in [0, 0.05) is 9.13 Å². The second-order valence-electron chi connectivity index (χ2n) is 5.78. The average molecular weight is 366 g/mol. The molecule has 0 saturated heterocycles. The molecule has 17 heavy (non-hydrogen) atoms. The Bertz CT molecular complexity index is 399. The van der Waals surface area contributed by atoms with Crippen LogP contribution < -0.4 is 0 Å². The van der Waals surface area contributed by atoms with Crippen molar-refractivity contribution >= 4 is 30.9 Å². The van der Waals surface area contributed by atoms with Gasteiger partial charge in [0.1, 0.15) is 5.82 Å². The first-order valence-electron chi connectivity index (χ1n) is 5.71. The monoisotopic (exact) mass is 366 g/mol. The molecule has 0 bridgehead atoms. The van der Waals surface area contributed by atoms with Crippen LogP contribution in [0.15, 0.2) is 18.2 Å². The van der Waals surface area contributed by atoms with E-state index in [1.165, 1.54) is 6.07 Å². The van der Waals surface area contributed by atoms with E-state index in [2.05, 4.69) is 56.5 Å². The summed E-state index contributed by atoms with van der Waals surface area (Å²) in [7, 11) is -1.80. The van der Waals surface area contributed by atoms with Crippen molar-refractivity contribution in [1.82, 2.24) is 0 Å². The lowest BCUT2D eigenvalue weighted by Crippen LogP contribution is -2.40. The van der Waals surface area contributed by atoms with Gasteiger partial charge >= 0.3 is 0 Å². The Morgan fingerprint density at radius 2 is 1.88 bits per heavy atom. The van der Waals surface area contributed by atoms with Gasteiger partial charge in [-0.05, 0) is 58.9 Å². The van der Waals surface area contributed by atoms with E-state index >= 15 is 0 Å². The molecule has 0 heterocycles. The van der Waals surface area contributed by atoms with Gasteiger partial charge in [0.15, 0.2) is 8.32 Å². The number of hydrogen-bond donors (Lipinski definition) is 0. The van der Waals surface area contributed by atoms with Crippen molar-refractivity contribution in [1.29, 1.82) is 0 Å². The molecular formula is C13H20FIOSi. The largest absolute Gasteiger partial charge is 0.412 e. The Hall–Kier alpha value is 0.0569. The van der Waals surface area contributed by atoms with Crippen LogP contribution in [-0.2, 0) is 11.0 Å². The van der Waals surface area contributed by atoms with Crippen molar-refractivity contribution in [2.75, 3.05) is 0 Å². The van der Waals surface area contributed by atoms with Crippen molar-refractivity contribution in [3.8, 4) is 0 Å². The van der Waals surface area contributed by atoms with Gasteiger partial charge in [0.05, 0.1) is 6.61 Å². The summed E-state index contributed by atoms with van der Waals surface area (Å²) >= 11 is 2.19. The Kier molecular flexibility index (Phi) is 4.77. The molecule has 1 aromatic carbocycles. The zero-order valence-corrected chi connectivity index (χ0v) is 14.3. The van der Waals surface area contributed by atoms with Gasteiger partial charge in [-0.25, -0.2) is 4.39 Å². The molecule has 0 radical (unpaired) electrons. The molecular weight excluding hydrogens is 346 g/mol. The summed E-state index contributed by atoms with van der Waals surface area (Å²) in [5.74, 6) is -0.177. The summed E-state index contributed by atoms with van der Waals surface area (Å²) in [5.41, 5.74) is 0.654. The van der Waals surface area contributed by atoms with Crippen molar-refractivity contribution in [3.63, 3.8) is 0 Å². The van der Waals surface area contributed by atoms with Crippen LogP contribution in [0.4, 0.5) is 4.39 Å². The second kappa shape index (κ2) is 5.36. The Morgan fingerprint density at radius 3 is 2.41 bits per heavy atom. The van der Waals surface area contributed by atoms with Crippen LogP contribution in [0.25, 0.3) is 0 Å². The molecule has 1 rings (SSSR count). The van der Waals surface area contributed by atoms with Crippen LogP contribution in [0.1, 0.15) is 26.3 Å². The summed E-state index contributed by atoms with van der Waals surface area (Å²) in [6, 6.07) is 5.13. The first-order chi connectivity index (χ1) is 7.63. The Labute approximate surface area is 118 Å². The molecule has 0 fully saturated rings. The minimum atomic E-state index is -1.80. The van der Waals surface area contributed by atoms with Gasteiger partial charge in [-0.15, -0.1) is 0 Å². The third-order valence-electron chi connectivity index (χ3n) is 3.40. The molecule has 0 aliphatic carbocycles. The van der Waals surface area contributed by atoms with Crippen LogP contribution in [0, 0.1) is 9.39 Å². The predicted molar refractivity (Wildman–Crippen MR) is 81.1 cm³/mol. The molecule has 0 aliphatic heterocycles. The zero-order valence-electron chi connectivity index (χ0n) is 11.1. The molecule has 96 valence electrons. The maximum atomic E-state index is 13.6. The Morgan fingerprint density at radius 1 is 1.29 bits per heavy atom. The van der Waals surface area contributed by atoms with Gasteiger partial charge < -0.3 is 4.43 Å². The van der Waals surface area contributed by atoms with E-state index in [-0.39, 0.29) is 10.9 Å². The minimum Gasteiger partial charge on any atom is -0.412 e. The number of halogens is 2. The van der Waals surface area contributed by atoms with Crippen molar-refractivity contribution in [3.05, 3.63) is 33.1 Å². The van der Waals surface area contributed by atoms with E-state index in [1.54, 1.807) is 6.07 Å². The Balaban J connectivity index is 2.77. The minimum absolute atomic E-state index is 0.158. The van der Waals surface area contributed by atoms with Crippen molar-refractivity contribution in [2.24, 2.45) is 0 Å². The summed E-state index contributed by atoms with van der Waals surface area (Å²) in [5, 5.41) is 0.158. The molecule has 0 N–H and O–H groups in total. The standard InChI is InChI=1S/C13H20FIOSi/c1-13(2,3)17(4,5)16-9-10-8-11(15)6-7-12(10)14/h6-8H,9H2,1-5H3. The smallest absolute Gasteiger partial charge is 0.192 e. The van der Waals surface area contributed by atoms with E-state index in [4.69, 9.17) is 4.43 Å². The van der Waals surface area contributed by atoms with Crippen LogP contribution in [0.2, 0.25) is 18.1 Å². The highest BCUT2D eigenvalue weighted by atomic mass is 127. The topological polar surface area (TPSA) is 9.23 Å². The summed E-state index contributed by atoms with van der Waals surface area (Å²) in [6.07, 6.45) is 0. The second-order valence-corrected chi connectivity index (χ2v) is 11.8. The number of hydrogen-bond acceptors (Lipinski definition) is 1. The highest BCUT2D eigenvalue weighted by Gasteiger charge is 2.37. The third kappa shape index (κ3) is 4.03. The zero-order chi connectivity index (χ0) is 13.3. The normalized spacial score (nSPS) is 12.9. The molecule has 0 aliphatic rings. The number of benzene rings is 1. The summed E-state index contributed by atoms with van der Waals surface area (Å²) < 4.78 is 20.6. The molecule has 4 heteroatoms. The molecule has 0 unspecified atom stereocenters. The summed E-state index contributed by atoms with van der Waals surface area (Å²) in [4.78, 5) is 0. The van der Waals surface area contributed by atoms with E-state index in [1.807, 2.05) is 6.07 Å². The highest BCUT2D eigenvalue weighted by Crippen LogP contribution is 2.37. The van der Waals surface area contributed by atoms with Gasteiger partial charge in [-0.2, -0.15) is 0 Å². The first kappa shape index (κ1) is 15.1. The third-order valence-corrected chi connectivity index (χ3v) is 8.55. The van der Waals surface area contributed by atoms with Crippen LogP contribution in [0.3, 0.4) is 0 Å². The molecule has 0 saturated carbocycles.